The highest BCUT2D eigenvalue weighted by Gasteiger charge is 2.33. The van der Waals surface area contributed by atoms with E-state index in [0.29, 0.717) is 12.6 Å². The smallest absolute Gasteiger partial charge is 0.237 e. The van der Waals surface area contributed by atoms with Crippen molar-refractivity contribution in [1.29, 1.82) is 0 Å². The summed E-state index contributed by atoms with van der Waals surface area (Å²) in [6.07, 6.45) is 1.99. The lowest BCUT2D eigenvalue weighted by atomic mass is 10.0. The van der Waals surface area contributed by atoms with Gasteiger partial charge in [0.2, 0.25) is 5.91 Å². The highest BCUT2D eigenvalue weighted by atomic mass is 16.5. The van der Waals surface area contributed by atoms with E-state index in [0.717, 1.165) is 56.1 Å². The number of benzene rings is 1. The molecule has 25 heavy (non-hydrogen) atoms. The van der Waals surface area contributed by atoms with Crippen molar-refractivity contribution in [3.05, 3.63) is 23.8 Å². The van der Waals surface area contributed by atoms with Crippen LogP contribution >= 0.6 is 0 Å². The number of hydrogen-bond acceptors (Lipinski definition) is 5. The third-order valence-electron chi connectivity index (χ3n) is 5.35. The van der Waals surface area contributed by atoms with Gasteiger partial charge in [0, 0.05) is 37.8 Å². The second-order valence-electron chi connectivity index (χ2n) is 6.88. The van der Waals surface area contributed by atoms with Gasteiger partial charge in [0.15, 0.2) is 0 Å². The molecular formula is C19H29N3O3. The molecular weight excluding hydrogens is 318 g/mol. The zero-order valence-electron chi connectivity index (χ0n) is 15.5. The lowest BCUT2D eigenvalue weighted by Crippen LogP contribution is -2.53. The van der Waals surface area contributed by atoms with E-state index in [1.165, 1.54) is 0 Å². The molecule has 0 spiro atoms. The summed E-state index contributed by atoms with van der Waals surface area (Å²) in [6.45, 7) is 6.29. The van der Waals surface area contributed by atoms with Crippen LogP contribution in [0.25, 0.3) is 0 Å². The second-order valence-corrected chi connectivity index (χ2v) is 6.88. The molecule has 2 saturated heterocycles. The van der Waals surface area contributed by atoms with E-state index in [4.69, 9.17) is 9.47 Å². The summed E-state index contributed by atoms with van der Waals surface area (Å²) in [7, 11) is 3.34. The molecule has 1 unspecified atom stereocenters. The van der Waals surface area contributed by atoms with E-state index in [9.17, 15) is 4.79 Å². The minimum atomic E-state index is 0.0655. The molecule has 3 rings (SSSR count). The van der Waals surface area contributed by atoms with Crippen molar-refractivity contribution >= 4 is 5.91 Å². The molecule has 2 aliphatic rings. The van der Waals surface area contributed by atoms with Gasteiger partial charge >= 0.3 is 0 Å². The third-order valence-corrected chi connectivity index (χ3v) is 5.35. The van der Waals surface area contributed by atoms with Crippen LogP contribution in [0.2, 0.25) is 0 Å². The van der Waals surface area contributed by atoms with Crippen LogP contribution in [0.5, 0.6) is 11.5 Å². The fourth-order valence-electron chi connectivity index (χ4n) is 3.87. The van der Waals surface area contributed by atoms with E-state index in [2.05, 4.69) is 17.1 Å². The first-order valence-corrected chi connectivity index (χ1v) is 9.10. The summed E-state index contributed by atoms with van der Waals surface area (Å²) in [4.78, 5) is 17.3. The second kappa shape index (κ2) is 8.06. The van der Waals surface area contributed by atoms with Crippen molar-refractivity contribution < 1.29 is 14.3 Å². The maximum absolute atomic E-state index is 13.0. The predicted molar refractivity (Wildman–Crippen MR) is 97.1 cm³/mol. The Morgan fingerprint density at radius 2 is 2.12 bits per heavy atom. The summed E-state index contributed by atoms with van der Waals surface area (Å²) in [5.41, 5.74) is 1.04. The normalized spacial score (nSPS) is 24.4. The minimum absolute atomic E-state index is 0.0655. The zero-order chi connectivity index (χ0) is 17.8. The van der Waals surface area contributed by atoms with Gasteiger partial charge in [0.05, 0.1) is 26.8 Å². The summed E-state index contributed by atoms with van der Waals surface area (Å²) in [5.74, 6) is 1.83. The van der Waals surface area contributed by atoms with E-state index >= 15 is 0 Å². The highest BCUT2D eigenvalue weighted by molar-refractivity contribution is 5.79. The molecule has 1 aromatic carbocycles. The Labute approximate surface area is 150 Å². The van der Waals surface area contributed by atoms with Crippen LogP contribution in [-0.2, 0) is 4.79 Å². The van der Waals surface area contributed by atoms with Crippen LogP contribution < -0.4 is 14.8 Å². The first-order valence-electron chi connectivity index (χ1n) is 9.10. The molecule has 6 heteroatoms. The van der Waals surface area contributed by atoms with Gasteiger partial charge in [-0.05, 0) is 38.0 Å². The number of nitrogens with one attached hydrogen (secondary N) is 1. The Balaban J connectivity index is 1.77. The van der Waals surface area contributed by atoms with Gasteiger partial charge in [0.25, 0.3) is 0 Å². The average molecular weight is 347 g/mol. The van der Waals surface area contributed by atoms with Crippen LogP contribution in [-0.4, -0.2) is 68.7 Å². The Kier molecular flexibility index (Phi) is 5.81. The Morgan fingerprint density at radius 3 is 2.84 bits per heavy atom. The Hall–Kier alpha value is -1.79. The number of methoxy groups -OCH3 is 2. The van der Waals surface area contributed by atoms with Crippen molar-refractivity contribution in [1.82, 2.24) is 15.1 Å². The third kappa shape index (κ3) is 3.90. The largest absolute Gasteiger partial charge is 0.497 e. The number of likely N-dealkylation sites (tertiary alicyclic amines) is 1. The summed E-state index contributed by atoms with van der Waals surface area (Å²) in [6, 6.07) is 6.28. The molecule has 6 nitrogen and oxygen atoms in total. The van der Waals surface area contributed by atoms with Crippen LogP contribution in [0.15, 0.2) is 18.2 Å². The number of carbonyl (C=O) groups is 1. The van der Waals surface area contributed by atoms with Crippen molar-refractivity contribution in [2.24, 2.45) is 0 Å². The molecule has 0 bridgehead atoms. The van der Waals surface area contributed by atoms with Gasteiger partial charge in [-0.15, -0.1) is 0 Å². The number of rotatable bonds is 5. The maximum Gasteiger partial charge on any atom is 0.237 e. The molecule has 2 heterocycles. The molecule has 0 saturated carbocycles. The summed E-state index contributed by atoms with van der Waals surface area (Å²) >= 11 is 0. The van der Waals surface area contributed by atoms with E-state index in [-0.39, 0.29) is 11.9 Å². The molecule has 138 valence electrons. The van der Waals surface area contributed by atoms with Crippen LogP contribution in [0.1, 0.15) is 31.4 Å². The Morgan fingerprint density at radius 1 is 1.28 bits per heavy atom. The van der Waals surface area contributed by atoms with Crippen LogP contribution in [0.4, 0.5) is 0 Å². The monoisotopic (exact) mass is 347 g/mol. The topological polar surface area (TPSA) is 54.0 Å². The number of ether oxygens (including phenoxy) is 2. The molecule has 2 atom stereocenters. The van der Waals surface area contributed by atoms with Crippen molar-refractivity contribution in [3.63, 3.8) is 0 Å². The lowest BCUT2D eigenvalue weighted by Gasteiger charge is -2.35. The van der Waals surface area contributed by atoms with Crippen LogP contribution in [0.3, 0.4) is 0 Å². The van der Waals surface area contributed by atoms with Gasteiger partial charge in [-0.1, -0.05) is 0 Å². The van der Waals surface area contributed by atoms with E-state index < -0.39 is 0 Å². The number of amides is 1. The molecule has 1 amide bonds. The summed E-state index contributed by atoms with van der Waals surface area (Å²) in [5, 5.41) is 3.37. The molecule has 2 fully saturated rings. The number of piperazine rings is 1. The van der Waals surface area contributed by atoms with Gasteiger partial charge in [-0.2, -0.15) is 0 Å². The first kappa shape index (κ1) is 18.0. The lowest BCUT2D eigenvalue weighted by molar-refractivity contribution is -0.134. The summed E-state index contributed by atoms with van der Waals surface area (Å²) < 4.78 is 10.9. The fraction of sp³-hybridized carbons (Fsp3) is 0.632. The van der Waals surface area contributed by atoms with Crippen molar-refractivity contribution in [3.8, 4) is 11.5 Å². The van der Waals surface area contributed by atoms with Crippen molar-refractivity contribution in [2.75, 3.05) is 46.9 Å². The van der Waals surface area contributed by atoms with E-state index in [1.54, 1.807) is 14.2 Å². The van der Waals surface area contributed by atoms with Gasteiger partial charge in [-0.3, -0.25) is 9.69 Å². The quantitative estimate of drug-likeness (QED) is 0.878. The van der Waals surface area contributed by atoms with E-state index in [1.807, 2.05) is 23.1 Å². The van der Waals surface area contributed by atoms with Crippen LogP contribution in [0, 0.1) is 0 Å². The van der Waals surface area contributed by atoms with Crippen molar-refractivity contribution in [2.45, 2.75) is 31.8 Å². The fourth-order valence-corrected chi connectivity index (χ4v) is 3.87. The van der Waals surface area contributed by atoms with Gasteiger partial charge in [-0.25, -0.2) is 0 Å². The highest BCUT2D eigenvalue weighted by Crippen LogP contribution is 2.39. The zero-order valence-corrected chi connectivity index (χ0v) is 15.5. The molecule has 2 aliphatic heterocycles. The standard InChI is InChI=1S/C19H29N3O3/c1-14-12-20-8-10-21(14)13-19(23)22-9-4-5-17(22)16-11-15(24-2)6-7-18(16)25-3/h6-7,11,14,17,20H,4-5,8-10,12-13H2,1-3H3/t14-,17?/m1/s1. The predicted octanol–water partition coefficient (Wildman–Crippen LogP) is 1.66. The molecule has 0 aliphatic carbocycles. The molecule has 0 aromatic heterocycles. The average Bonchev–Trinajstić information content (AvgIpc) is 3.12. The minimum Gasteiger partial charge on any atom is -0.497 e. The van der Waals surface area contributed by atoms with Gasteiger partial charge < -0.3 is 19.7 Å². The Bertz CT molecular complexity index is 608. The SMILES string of the molecule is COc1ccc(OC)c(C2CCCN2C(=O)CN2CCNC[C@H]2C)c1. The number of hydrogen-bond donors (Lipinski definition) is 1. The first-order chi connectivity index (χ1) is 12.1. The van der Waals surface area contributed by atoms with Gasteiger partial charge in [0.1, 0.15) is 11.5 Å². The molecule has 1 aromatic rings. The number of carbonyl (C=O) groups excluding carboxylic acids is 1. The number of nitrogens with zero attached hydrogens (tertiary/aromatic N) is 2. The maximum atomic E-state index is 13.0. The molecule has 1 N–H and O–H groups in total. The molecule has 0 radical (unpaired) electrons.